The Balaban J connectivity index is 2.24. The summed E-state index contributed by atoms with van der Waals surface area (Å²) in [6.45, 7) is 3.62. The van der Waals surface area contributed by atoms with Crippen molar-refractivity contribution in [1.29, 1.82) is 0 Å². The summed E-state index contributed by atoms with van der Waals surface area (Å²) in [6, 6.07) is -0.828. The van der Waals surface area contributed by atoms with Crippen LogP contribution >= 0.6 is 0 Å². The third-order valence-electron chi connectivity index (χ3n) is 12.2. The standard InChI is InChI=1S/C62H101NO8/c1-3-5-7-9-11-13-15-17-18-19-20-21-22-23-24-25-26-27-28-29-30-31-32-33-34-35-36-37-38-40-42-44-46-48-50-52-58(66)63-55(54-70-62-61(69)60(68)59(67)57(53-64)71-62)56(65)51-49-47-45-43-41-39-16-14-12-10-8-6-4-2/h5,7,11,13,17-18,20-21,23-24,26-27,29-30,32-33,35-36,38,40,49,51,55-57,59-62,64-65,67-69H,3-4,6,8-10,12,14-16,19,22,25,28,31,34,37,39,41-48,50,52-54H2,1-2H3,(H,63,66)/b7-5-,13-11-,18-17-,21-20-,24-23-,27-26-,30-29-,33-32-,36-35-,40-38-,51-49+. The molecule has 71 heavy (non-hydrogen) atoms. The Morgan fingerprint density at radius 2 is 0.873 bits per heavy atom. The molecule has 0 bridgehead atoms. The van der Waals surface area contributed by atoms with Gasteiger partial charge in [-0.2, -0.15) is 0 Å². The monoisotopic (exact) mass is 988 g/mol. The molecular formula is C62H101NO8. The highest BCUT2D eigenvalue weighted by Gasteiger charge is 2.44. The zero-order valence-electron chi connectivity index (χ0n) is 44.4. The highest BCUT2D eigenvalue weighted by Crippen LogP contribution is 2.22. The van der Waals surface area contributed by atoms with Crippen molar-refractivity contribution >= 4 is 5.91 Å². The molecule has 0 radical (unpaired) electrons. The second kappa shape index (κ2) is 49.9. The van der Waals surface area contributed by atoms with E-state index in [1.807, 2.05) is 6.08 Å². The lowest BCUT2D eigenvalue weighted by molar-refractivity contribution is -0.302. The zero-order valence-corrected chi connectivity index (χ0v) is 44.4. The molecule has 0 aromatic rings. The fraction of sp³-hybridized carbons (Fsp3) is 0.629. The molecule has 1 aliphatic heterocycles. The van der Waals surface area contributed by atoms with Crippen LogP contribution in [-0.4, -0.2) is 87.5 Å². The zero-order chi connectivity index (χ0) is 51.5. The van der Waals surface area contributed by atoms with E-state index in [0.29, 0.717) is 6.42 Å². The van der Waals surface area contributed by atoms with E-state index in [4.69, 9.17) is 9.47 Å². The number of carbonyl (C=O) groups excluding carboxylic acids is 1. The van der Waals surface area contributed by atoms with Crippen LogP contribution in [0.3, 0.4) is 0 Å². The van der Waals surface area contributed by atoms with Crippen molar-refractivity contribution in [3.05, 3.63) is 134 Å². The van der Waals surface area contributed by atoms with Crippen LogP contribution in [0.15, 0.2) is 134 Å². The summed E-state index contributed by atoms with van der Waals surface area (Å²) in [6.07, 6.45) is 69.4. The number of aliphatic hydroxyl groups excluding tert-OH is 5. The molecule has 1 amide bonds. The van der Waals surface area contributed by atoms with Crippen LogP contribution in [0.25, 0.3) is 0 Å². The van der Waals surface area contributed by atoms with E-state index >= 15 is 0 Å². The number of carbonyl (C=O) groups is 1. The fourth-order valence-corrected chi connectivity index (χ4v) is 7.83. The summed E-state index contributed by atoms with van der Waals surface area (Å²) in [4.78, 5) is 13.0. The van der Waals surface area contributed by atoms with E-state index in [2.05, 4.69) is 141 Å². The van der Waals surface area contributed by atoms with Gasteiger partial charge < -0.3 is 40.3 Å². The van der Waals surface area contributed by atoms with Crippen molar-refractivity contribution in [2.24, 2.45) is 0 Å². The van der Waals surface area contributed by atoms with Gasteiger partial charge in [-0.15, -0.1) is 0 Å². The topological polar surface area (TPSA) is 149 Å². The Labute approximate surface area is 432 Å². The predicted molar refractivity (Wildman–Crippen MR) is 299 cm³/mol. The largest absolute Gasteiger partial charge is 0.394 e. The minimum absolute atomic E-state index is 0.207. The van der Waals surface area contributed by atoms with Gasteiger partial charge in [0.25, 0.3) is 0 Å². The second-order valence-corrected chi connectivity index (χ2v) is 18.6. The van der Waals surface area contributed by atoms with E-state index in [1.165, 1.54) is 57.8 Å². The molecule has 7 unspecified atom stereocenters. The summed E-state index contributed by atoms with van der Waals surface area (Å²) in [5.74, 6) is -0.208. The minimum atomic E-state index is -1.58. The van der Waals surface area contributed by atoms with Crippen LogP contribution in [0, 0.1) is 0 Å². The normalized spacial score (nSPS) is 20.4. The van der Waals surface area contributed by atoms with Crippen LogP contribution in [0.1, 0.15) is 194 Å². The maximum atomic E-state index is 13.0. The molecule has 0 spiro atoms. The number of amides is 1. The van der Waals surface area contributed by atoms with Gasteiger partial charge in [0.15, 0.2) is 6.29 Å². The third kappa shape index (κ3) is 39.5. The highest BCUT2D eigenvalue weighted by atomic mass is 16.7. The molecular weight excluding hydrogens is 887 g/mol. The molecule has 1 rings (SSSR count). The Morgan fingerprint density at radius 1 is 0.493 bits per heavy atom. The summed E-state index contributed by atoms with van der Waals surface area (Å²) in [5, 5.41) is 54.3. The molecule has 1 heterocycles. The first-order valence-electron chi connectivity index (χ1n) is 27.9. The molecule has 9 heteroatoms. The number of hydrogen-bond donors (Lipinski definition) is 6. The van der Waals surface area contributed by atoms with Gasteiger partial charge in [0.1, 0.15) is 24.4 Å². The number of ether oxygens (including phenoxy) is 2. The summed E-state index contributed by atoms with van der Waals surface area (Å²) in [7, 11) is 0. The van der Waals surface area contributed by atoms with E-state index in [0.717, 1.165) is 116 Å². The van der Waals surface area contributed by atoms with Crippen molar-refractivity contribution in [3.8, 4) is 0 Å². The van der Waals surface area contributed by atoms with Crippen LogP contribution in [-0.2, 0) is 14.3 Å². The molecule has 0 aliphatic carbocycles. The smallest absolute Gasteiger partial charge is 0.220 e. The van der Waals surface area contributed by atoms with Crippen molar-refractivity contribution < 1.29 is 39.8 Å². The molecule has 6 N–H and O–H groups in total. The van der Waals surface area contributed by atoms with Crippen LogP contribution in [0.5, 0.6) is 0 Å². The third-order valence-corrected chi connectivity index (χ3v) is 12.2. The van der Waals surface area contributed by atoms with Gasteiger partial charge in [0.05, 0.1) is 25.4 Å². The first kappa shape index (κ1) is 65.3. The maximum absolute atomic E-state index is 13.0. The molecule has 9 nitrogen and oxygen atoms in total. The first-order chi connectivity index (χ1) is 34.8. The average Bonchev–Trinajstić information content (AvgIpc) is 3.37. The lowest BCUT2D eigenvalue weighted by Crippen LogP contribution is -2.60. The molecule has 0 aromatic heterocycles. The SMILES string of the molecule is CC/C=C\C/C=C\C/C=C\C/C=C\C/C=C\C/C=C\C/C=C\C/C=C\C/C=C\C/C=C\CCCCCCC(=O)NC(COC1OC(CO)C(O)C(O)C1O)C(O)/C=C/CCCCCCCCCCCCC. The lowest BCUT2D eigenvalue weighted by Gasteiger charge is -2.40. The van der Waals surface area contributed by atoms with Crippen molar-refractivity contribution in [1.82, 2.24) is 5.32 Å². The summed E-state index contributed by atoms with van der Waals surface area (Å²) >= 11 is 0. The van der Waals surface area contributed by atoms with Gasteiger partial charge in [-0.25, -0.2) is 0 Å². The van der Waals surface area contributed by atoms with Crippen LogP contribution < -0.4 is 5.32 Å². The summed E-state index contributed by atoms with van der Waals surface area (Å²) in [5.41, 5.74) is 0. The number of rotatable bonds is 45. The van der Waals surface area contributed by atoms with Crippen molar-refractivity contribution in [3.63, 3.8) is 0 Å². The van der Waals surface area contributed by atoms with Crippen LogP contribution in [0.4, 0.5) is 0 Å². The fourth-order valence-electron chi connectivity index (χ4n) is 7.83. The Hall–Kier alpha value is -3.67. The predicted octanol–water partition coefficient (Wildman–Crippen LogP) is 13.7. The van der Waals surface area contributed by atoms with E-state index in [1.54, 1.807) is 6.08 Å². The molecule has 0 saturated carbocycles. The maximum Gasteiger partial charge on any atom is 0.220 e. The Bertz CT molecular complexity index is 1570. The summed E-state index contributed by atoms with van der Waals surface area (Å²) < 4.78 is 11.2. The lowest BCUT2D eigenvalue weighted by atomic mass is 9.99. The van der Waals surface area contributed by atoms with E-state index < -0.39 is 49.5 Å². The second-order valence-electron chi connectivity index (χ2n) is 18.6. The van der Waals surface area contributed by atoms with Gasteiger partial charge in [0.2, 0.25) is 5.91 Å². The van der Waals surface area contributed by atoms with Crippen molar-refractivity contribution in [2.75, 3.05) is 13.2 Å². The van der Waals surface area contributed by atoms with Gasteiger partial charge in [-0.05, 0) is 96.3 Å². The van der Waals surface area contributed by atoms with Gasteiger partial charge in [-0.1, -0.05) is 225 Å². The first-order valence-corrected chi connectivity index (χ1v) is 27.9. The average molecular weight is 988 g/mol. The number of aliphatic hydroxyl groups is 5. The van der Waals surface area contributed by atoms with E-state index in [9.17, 15) is 30.3 Å². The Kier molecular flexibility index (Phi) is 45.9. The van der Waals surface area contributed by atoms with Gasteiger partial charge >= 0.3 is 0 Å². The quantitative estimate of drug-likeness (QED) is 0.0261. The van der Waals surface area contributed by atoms with Crippen molar-refractivity contribution in [2.45, 2.75) is 236 Å². The number of nitrogens with one attached hydrogen (secondary N) is 1. The number of allylic oxidation sites excluding steroid dienone is 21. The molecule has 1 fully saturated rings. The number of unbranched alkanes of at least 4 members (excludes halogenated alkanes) is 15. The molecule has 0 aromatic carbocycles. The molecule has 1 saturated heterocycles. The molecule has 402 valence electrons. The number of hydrogen-bond acceptors (Lipinski definition) is 8. The Morgan fingerprint density at radius 3 is 1.30 bits per heavy atom. The van der Waals surface area contributed by atoms with Crippen LogP contribution in [0.2, 0.25) is 0 Å². The molecule has 1 aliphatic rings. The van der Waals surface area contributed by atoms with Gasteiger partial charge in [-0.3, -0.25) is 4.79 Å². The van der Waals surface area contributed by atoms with E-state index in [-0.39, 0.29) is 12.5 Å². The van der Waals surface area contributed by atoms with Gasteiger partial charge in [0, 0.05) is 6.42 Å². The highest BCUT2D eigenvalue weighted by molar-refractivity contribution is 5.76. The molecule has 7 atom stereocenters. The minimum Gasteiger partial charge on any atom is -0.394 e.